The van der Waals surface area contributed by atoms with Crippen LogP contribution in [0.4, 0.5) is 0 Å². The maximum absolute atomic E-state index is 12.5. The molecule has 2 aromatic rings. The van der Waals surface area contributed by atoms with Crippen LogP contribution in [0.15, 0.2) is 18.2 Å². The summed E-state index contributed by atoms with van der Waals surface area (Å²) >= 11 is 0. The lowest BCUT2D eigenvalue weighted by atomic mass is 9.97. The molecule has 9 heteroatoms. The van der Waals surface area contributed by atoms with Crippen LogP contribution in [0, 0.1) is 0 Å². The number of fused-ring (bicyclic) bond motifs is 1. The second-order valence-electron chi connectivity index (χ2n) is 5.21. The molecule has 0 saturated carbocycles. The number of aromatic carboxylic acids is 1. The van der Waals surface area contributed by atoms with Crippen molar-refractivity contribution in [3.05, 3.63) is 29.3 Å². The molecule has 1 aromatic carbocycles. The zero-order chi connectivity index (χ0) is 18.8. The number of carboxylic acid groups (broad SMARTS) is 1. The number of aromatic nitrogens is 2. The van der Waals surface area contributed by atoms with Gasteiger partial charge in [0.2, 0.25) is 17.5 Å². The molecule has 1 aliphatic heterocycles. The predicted molar refractivity (Wildman–Crippen MR) is 87.9 cm³/mol. The van der Waals surface area contributed by atoms with Crippen LogP contribution in [0.2, 0.25) is 0 Å². The van der Waals surface area contributed by atoms with Crippen molar-refractivity contribution in [1.82, 2.24) is 9.97 Å². The van der Waals surface area contributed by atoms with Crippen molar-refractivity contribution in [2.75, 3.05) is 20.8 Å². The van der Waals surface area contributed by atoms with Gasteiger partial charge in [-0.25, -0.2) is 4.79 Å². The summed E-state index contributed by atoms with van der Waals surface area (Å²) in [6, 6.07) is 4.41. The third kappa shape index (κ3) is 2.93. The zero-order valence-corrected chi connectivity index (χ0v) is 14.3. The summed E-state index contributed by atoms with van der Waals surface area (Å²) in [5, 5.41) is 9.71. The molecule has 1 atom stereocenters. The second-order valence-corrected chi connectivity index (χ2v) is 5.21. The number of carboxylic acids is 1. The van der Waals surface area contributed by atoms with Crippen molar-refractivity contribution in [3.8, 4) is 28.9 Å². The van der Waals surface area contributed by atoms with Gasteiger partial charge in [-0.3, -0.25) is 4.79 Å². The number of nitrogens with zero attached hydrogens (tertiary/aromatic N) is 2. The maximum Gasteiger partial charge on any atom is 0.337 e. The third-order valence-corrected chi connectivity index (χ3v) is 3.73. The zero-order valence-electron chi connectivity index (χ0n) is 14.3. The first-order valence-electron chi connectivity index (χ1n) is 7.70. The molecule has 0 amide bonds. The van der Waals surface area contributed by atoms with E-state index in [1.54, 1.807) is 6.92 Å². The summed E-state index contributed by atoms with van der Waals surface area (Å²) in [7, 11) is 2.83. The normalized spacial score (nSPS) is 15.3. The van der Waals surface area contributed by atoms with Crippen LogP contribution >= 0.6 is 0 Å². The number of benzene rings is 1. The van der Waals surface area contributed by atoms with Crippen LogP contribution in [0.1, 0.15) is 27.6 Å². The number of carbonyl (C=O) groups is 2. The fourth-order valence-electron chi connectivity index (χ4n) is 2.62. The summed E-state index contributed by atoms with van der Waals surface area (Å²) in [5.74, 6) is -1.29. The number of hydrogen-bond acceptors (Lipinski definition) is 8. The summed E-state index contributed by atoms with van der Waals surface area (Å²) in [4.78, 5) is 32.8. The van der Waals surface area contributed by atoms with Gasteiger partial charge in [0, 0.05) is 12.2 Å². The van der Waals surface area contributed by atoms with Crippen molar-refractivity contribution in [1.29, 1.82) is 0 Å². The van der Waals surface area contributed by atoms with E-state index in [2.05, 4.69) is 9.97 Å². The van der Waals surface area contributed by atoms with Gasteiger partial charge in [-0.15, -0.1) is 0 Å². The first-order chi connectivity index (χ1) is 12.5. The third-order valence-electron chi connectivity index (χ3n) is 3.73. The van der Waals surface area contributed by atoms with Gasteiger partial charge in [0.15, 0.2) is 5.82 Å². The van der Waals surface area contributed by atoms with E-state index in [0.29, 0.717) is 0 Å². The standard InChI is InChI=1S/C17H16N2O7/c1-4-25-17-14(20)13-9(26-17)6-5-8(12(13)16(21)22)15-18-10(23-2)7-11(19-15)24-3/h5-7,17H,4H2,1-3H3,(H,21,22). The molecule has 0 aliphatic carbocycles. The van der Waals surface area contributed by atoms with Gasteiger partial charge in [0.05, 0.1) is 31.4 Å². The highest BCUT2D eigenvalue weighted by Gasteiger charge is 2.38. The van der Waals surface area contributed by atoms with E-state index in [0.717, 1.165) is 0 Å². The van der Waals surface area contributed by atoms with Crippen molar-refractivity contribution < 1.29 is 33.6 Å². The Labute approximate surface area is 148 Å². The molecule has 0 bridgehead atoms. The molecule has 136 valence electrons. The minimum Gasteiger partial charge on any atom is -0.481 e. The van der Waals surface area contributed by atoms with E-state index >= 15 is 0 Å². The van der Waals surface area contributed by atoms with E-state index in [9.17, 15) is 14.7 Å². The summed E-state index contributed by atoms with van der Waals surface area (Å²) in [6.07, 6.45) is -1.16. The van der Waals surface area contributed by atoms with Crippen LogP contribution in [-0.2, 0) is 4.74 Å². The molecule has 0 radical (unpaired) electrons. The lowest BCUT2D eigenvalue weighted by Gasteiger charge is -2.10. The van der Waals surface area contributed by atoms with Crippen molar-refractivity contribution in [2.45, 2.75) is 13.2 Å². The molecular formula is C17H16N2O7. The van der Waals surface area contributed by atoms with Crippen molar-refractivity contribution >= 4 is 11.8 Å². The van der Waals surface area contributed by atoms with E-state index in [4.69, 9.17) is 18.9 Å². The van der Waals surface area contributed by atoms with Crippen molar-refractivity contribution in [2.24, 2.45) is 0 Å². The largest absolute Gasteiger partial charge is 0.481 e. The number of ether oxygens (including phenoxy) is 4. The maximum atomic E-state index is 12.5. The van der Waals surface area contributed by atoms with E-state index in [1.165, 1.54) is 32.4 Å². The number of methoxy groups -OCH3 is 2. The molecule has 1 aromatic heterocycles. The van der Waals surface area contributed by atoms with E-state index < -0.39 is 18.0 Å². The first-order valence-corrected chi connectivity index (χ1v) is 7.70. The fraction of sp³-hybridized carbons (Fsp3) is 0.294. The molecule has 1 aliphatic rings. The molecule has 9 nitrogen and oxygen atoms in total. The number of rotatable bonds is 6. The molecule has 2 heterocycles. The predicted octanol–water partition coefficient (Wildman–Crippen LogP) is 1.80. The molecule has 0 spiro atoms. The van der Waals surface area contributed by atoms with Gasteiger partial charge < -0.3 is 24.1 Å². The van der Waals surface area contributed by atoms with Crippen molar-refractivity contribution in [3.63, 3.8) is 0 Å². The molecule has 1 N–H and O–H groups in total. The number of hydrogen-bond donors (Lipinski definition) is 1. The highest BCUT2D eigenvalue weighted by atomic mass is 16.7. The summed E-state index contributed by atoms with van der Waals surface area (Å²) in [5.41, 5.74) is -0.189. The highest BCUT2D eigenvalue weighted by molar-refractivity contribution is 6.14. The summed E-state index contributed by atoms with van der Waals surface area (Å²) < 4.78 is 20.8. The average molecular weight is 360 g/mol. The molecular weight excluding hydrogens is 344 g/mol. The average Bonchev–Trinajstić information content (AvgIpc) is 2.96. The Hall–Kier alpha value is -3.20. The van der Waals surface area contributed by atoms with Gasteiger partial charge in [-0.2, -0.15) is 9.97 Å². The van der Waals surface area contributed by atoms with E-state index in [-0.39, 0.29) is 46.6 Å². The molecule has 1 unspecified atom stereocenters. The monoisotopic (exact) mass is 360 g/mol. The molecule has 3 rings (SSSR count). The van der Waals surface area contributed by atoms with E-state index in [1.807, 2.05) is 0 Å². The first kappa shape index (κ1) is 17.6. The quantitative estimate of drug-likeness (QED) is 0.822. The Morgan fingerprint density at radius 1 is 1.23 bits per heavy atom. The lowest BCUT2D eigenvalue weighted by Crippen LogP contribution is -2.24. The van der Waals surface area contributed by atoms with Crippen LogP contribution < -0.4 is 14.2 Å². The van der Waals surface area contributed by atoms with Crippen LogP contribution in [0.25, 0.3) is 11.4 Å². The Bertz CT molecular complexity index is 859. The topological polar surface area (TPSA) is 117 Å². The van der Waals surface area contributed by atoms with Gasteiger partial charge in [0.1, 0.15) is 5.75 Å². The summed E-state index contributed by atoms with van der Waals surface area (Å²) in [6.45, 7) is 1.95. The Balaban J connectivity index is 2.20. The minimum atomic E-state index is -1.31. The molecule has 26 heavy (non-hydrogen) atoms. The highest BCUT2D eigenvalue weighted by Crippen LogP contribution is 2.37. The number of carbonyl (C=O) groups excluding carboxylic acids is 1. The Morgan fingerprint density at radius 2 is 1.88 bits per heavy atom. The SMILES string of the molecule is CCOC1Oc2ccc(-c3nc(OC)cc(OC)n3)c(C(=O)O)c2C1=O. The second kappa shape index (κ2) is 6.96. The van der Waals surface area contributed by atoms with Gasteiger partial charge in [-0.05, 0) is 19.1 Å². The van der Waals surface area contributed by atoms with Crippen LogP contribution in [0.3, 0.4) is 0 Å². The van der Waals surface area contributed by atoms with Gasteiger partial charge >= 0.3 is 5.97 Å². The molecule has 0 saturated heterocycles. The van der Waals surface area contributed by atoms with Crippen LogP contribution in [0.5, 0.6) is 17.5 Å². The van der Waals surface area contributed by atoms with Gasteiger partial charge in [0.25, 0.3) is 6.29 Å². The Morgan fingerprint density at radius 3 is 2.42 bits per heavy atom. The van der Waals surface area contributed by atoms with Crippen LogP contribution in [-0.4, -0.2) is 53.9 Å². The smallest absolute Gasteiger partial charge is 0.337 e. The number of ketones is 1. The van der Waals surface area contributed by atoms with Gasteiger partial charge in [-0.1, -0.05) is 0 Å². The minimum absolute atomic E-state index is 0.0501. The Kier molecular flexibility index (Phi) is 4.72. The number of Topliss-reactive ketones (excluding diaryl/α,β-unsaturated/α-hetero) is 1. The molecule has 0 fully saturated rings. The fourth-order valence-corrected chi connectivity index (χ4v) is 2.62. The lowest BCUT2D eigenvalue weighted by molar-refractivity contribution is -0.0421.